The van der Waals surface area contributed by atoms with E-state index >= 15 is 0 Å². The number of hydrogen-bond donors (Lipinski definition) is 2. The van der Waals surface area contributed by atoms with Gasteiger partial charge in [-0.25, -0.2) is 4.79 Å². The molecule has 1 rings (SSSR count). The van der Waals surface area contributed by atoms with Crippen LogP contribution in [0.2, 0.25) is 0 Å². The van der Waals surface area contributed by atoms with E-state index in [0.29, 0.717) is 24.3 Å². The third-order valence-corrected chi connectivity index (χ3v) is 3.38. The average Bonchev–Trinajstić information content (AvgIpc) is 2.79. The standard InChI is InChI=1S/C16H27N3O3/c1-6-14-12(8-17-19(14)9-11(4)5)15(20)18-13(16(21)22)7-10(2)3/h8,10-11,13H,6-7,9H2,1-5H3,(H,18,20)(H,21,22)/t13-/m1/s1. The zero-order valence-corrected chi connectivity index (χ0v) is 14.1. The first-order valence-corrected chi connectivity index (χ1v) is 7.84. The molecule has 1 heterocycles. The van der Waals surface area contributed by atoms with Crippen LogP contribution in [0.15, 0.2) is 6.20 Å². The molecular formula is C16H27N3O3. The molecule has 1 aromatic rings. The minimum atomic E-state index is -1.00. The molecule has 0 aliphatic rings. The quantitative estimate of drug-likeness (QED) is 0.772. The molecule has 0 aliphatic heterocycles. The number of aliphatic carboxylic acids is 1. The second-order valence-corrected chi connectivity index (χ2v) is 6.43. The second-order valence-electron chi connectivity index (χ2n) is 6.43. The second kappa shape index (κ2) is 7.96. The summed E-state index contributed by atoms with van der Waals surface area (Å²) in [5.74, 6) is -0.751. The molecule has 0 spiro atoms. The van der Waals surface area contributed by atoms with Gasteiger partial charge in [-0.3, -0.25) is 9.48 Å². The molecule has 0 aliphatic carbocycles. The molecule has 0 bridgehead atoms. The highest BCUT2D eigenvalue weighted by atomic mass is 16.4. The van der Waals surface area contributed by atoms with E-state index in [1.807, 2.05) is 25.5 Å². The molecule has 1 atom stereocenters. The lowest BCUT2D eigenvalue weighted by Crippen LogP contribution is -2.41. The largest absolute Gasteiger partial charge is 0.480 e. The summed E-state index contributed by atoms with van der Waals surface area (Å²) in [4.78, 5) is 23.7. The topological polar surface area (TPSA) is 84.2 Å². The van der Waals surface area contributed by atoms with Crippen LogP contribution in [0, 0.1) is 11.8 Å². The number of nitrogens with one attached hydrogen (secondary N) is 1. The van der Waals surface area contributed by atoms with Gasteiger partial charge in [-0.05, 0) is 24.7 Å². The average molecular weight is 309 g/mol. The lowest BCUT2D eigenvalue weighted by atomic mass is 10.0. The van der Waals surface area contributed by atoms with Crippen LogP contribution in [0.3, 0.4) is 0 Å². The lowest BCUT2D eigenvalue weighted by molar-refractivity contribution is -0.139. The first kappa shape index (κ1) is 18.2. The number of aromatic nitrogens is 2. The van der Waals surface area contributed by atoms with E-state index in [2.05, 4.69) is 24.3 Å². The Hall–Kier alpha value is -1.85. The number of carboxylic acids is 1. The SMILES string of the molecule is CCc1c(C(=O)N[C@H](CC(C)C)C(=O)O)cnn1CC(C)C. The summed E-state index contributed by atoms with van der Waals surface area (Å²) in [5.41, 5.74) is 1.32. The van der Waals surface area contributed by atoms with Gasteiger partial charge in [-0.15, -0.1) is 0 Å². The van der Waals surface area contributed by atoms with Crippen molar-refractivity contribution >= 4 is 11.9 Å². The van der Waals surface area contributed by atoms with E-state index in [4.69, 9.17) is 0 Å². The Morgan fingerprint density at radius 2 is 1.91 bits per heavy atom. The van der Waals surface area contributed by atoms with Crippen LogP contribution >= 0.6 is 0 Å². The molecule has 2 N–H and O–H groups in total. The number of carbonyl (C=O) groups excluding carboxylic acids is 1. The van der Waals surface area contributed by atoms with Crippen LogP contribution in [-0.4, -0.2) is 32.8 Å². The van der Waals surface area contributed by atoms with Crippen LogP contribution in [0.1, 0.15) is 57.1 Å². The van der Waals surface area contributed by atoms with Crippen LogP contribution in [-0.2, 0) is 17.8 Å². The number of rotatable bonds is 8. The summed E-state index contributed by atoms with van der Waals surface area (Å²) >= 11 is 0. The highest BCUT2D eigenvalue weighted by Gasteiger charge is 2.24. The van der Waals surface area contributed by atoms with Gasteiger partial charge in [0.15, 0.2) is 0 Å². The van der Waals surface area contributed by atoms with Gasteiger partial charge in [0.2, 0.25) is 0 Å². The maximum atomic E-state index is 12.4. The summed E-state index contributed by atoms with van der Waals surface area (Å²) in [5, 5.41) is 16.1. The highest BCUT2D eigenvalue weighted by molar-refractivity contribution is 5.97. The number of hydrogen-bond acceptors (Lipinski definition) is 3. The number of carbonyl (C=O) groups is 2. The predicted octanol–water partition coefficient (Wildman–Crippen LogP) is 2.33. The van der Waals surface area contributed by atoms with Crippen molar-refractivity contribution in [2.75, 3.05) is 0 Å². The van der Waals surface area contributed by atoms with E-state index in [1.54, 1.807) is 0 Å². The van der Waals surface area contributed by atoms with Gasteiger partial charge < -0.3 is 10.4 Å². The number of amides is 1. The molecule has 0 aromatic carbocycles. The highest BCUT2D eigenvalue weighted by Crippen LogP contribution is 2.13. The van der Waals surface area contributed by atoms with Crippen LogP contribution in [0.5, 0.6) is 0 Å². The Balaban J connectivity index is 2.92. The third-order valence-electron chi connectivity index (χ3n) is 3.38. The lowest BCUT2D eigenvalue weighted by Gasteiger charge is -2.16. The van der Waals surface area contributed by atoms with E-state index in [9.17, 15) is 14.7 Å². The smallest absolute Gasteiger partial charge is 0.326 e. The van der Waals surface area contributed by atoms with Gasteiger partial charge >= 0.3 is 5.97 Å². The molecular weight excluding hydrogens is 282 g/mol. The monoisotopic (exact) mass is 309 g/mol. The van der Waals surface area contributed by atoms with Crippen LogP contribution in [0.4, 0.5) is 0 Å². The summed E-state index contributed by atoms with van der Waals surface area (Å²) in [6.45, 7) is 10.7. The molecule has 0 fully saturated rings. The molecule has 0 radical (unpaired) electrons. The third kappa shape index (κ3) is 4.86. The van der Waals surface area contributed by atoms with Crippen molar-refractivity contribution in [1.82, 2.24) is 15.1 Å². The predicted molar refractivity (Wildman–Crippen MR) is 84.8 cm³/mol. The zero-order chi connectivity index (χ0) is 16.9. The van der Waals surface area contributed by atoms with E-state index in [-0.39, 0.29) is 11.8 Å². The Morgan fingerprint density at radius 3 is 2.36 bits per heavy atom. The Labute approximate surface area is 131 Å². The Morgan fingerprint density at radius 1 is 1.27 bits per heavy atom. The van der Waals surface area contributed by atoms with Gasteiger partial charge in [0.05, 0.1) is 17.5 Å². The number of nitrogens with zero attached hydrogens (tertiary/aromatic N) is 2. The first-order valence-electron chi connectivity index (χ1n) is 7.84. The molecule has 0 saturated heterocycles. The first-order chi connectivity index (χ1) is 10.3. The molecule has 0 unspecified atom stereocenters. The summed E-state index contributed by atoms with van der Waals surface area (Å²) < 4.78 is 1.83. The fourth-order valence-electron chi connectivity index (χ4n) is 2.41. The summed E-state index contributed by atoms with van der Waals surface area (Å²) in [7, 11) is 0. The maximum absolute atomic E-state index is 12.4. The fraction of sp³-hybridized carbons (Fsp3) is 0.688. The van der Waals surface area contributed by atoms with Gasteiger partial charge in [0, 0.05) is 6.54 Å². The molecule has 1 amide bonds. The van der Waals surface area contributed by atoms with Gasteiger partial charge in [-0.2, -0.15) is 5.10 Å². The zero-order valence-electron chi connectivity index (χ0n) is 14.1. The summed E-state index contributed by atoms with van der Waals surface area (Å²) in [6, 6.07) is -0.870. The van der Waals surface area contributed by atoms with Crippen molar-refractivity contribution in [3.8, 4) is 0 Å². The molecule has 6 heteroatoms. The summed E-state index contributed by atoms with van der Waals surface area (Å²) in [6.07, 6.45) is 2.62. The maximum Gasteiger partial charge on any atom is 0.326 e. The van der Waals surface area contributed by atoms with E-state index in [1.165, 1.54) is 6.20 Å². The minimum absolute atomic E-state index is 0.190. The molecule has 1 aromatic heterocycles. The van der Waals surface area contributed by atoms with Crippen molar-refractivity contribution in [2.24, 2.45) is 11.8 Å². The van der Waals surface area contributed by atoms with E-state index in [0.717, 1.165) is 12.2 Å². The Bertz CT molecular complexity index is 521. The fourth-order valence-corrected chi connectivity index (χ4v) is 2.41. The molecule has 0 saturated carbocycles. The number of carboxylic acid groups (broad SMARTS) is 1. The van der Waals surface area contributed by atoms with Crippen molar-refractivity contribution in [3.63, 3.8) is 0 Å². The van der Waals surface area contributed by atoms with Crippen LogP contribution in [0.25, 0.3) is 0 Å². The van der Waals surface area contributed by atoms with Gasteiger partial charge in [-0.1, -0.05) is 34.6 Å². The molecule has 124 valence electrons. The van der Waals surface area contributed by atoms with Gasteiger partial charge in [0.25, 0.3) is 5.91 Å². The van der Waals surface area contributed by atoms with Crippen molar-refractivity contribution in [3.05, 3.63) is 17.5 Å². The normalized spacial score (nSPS) is 12.7. The Kier molecular flexibility index (Phi) is 6.59. The van der Waals surface area contributed by atoms with E-state index < -0.39 is 12.0 Å². The van der Waals surface area contributed by atoms with Crippen molar-refractivity contribution in [1.29, 1.82) is 0 Å². The van der Waals surface area contributed by atoms with Crippen molar-refractivity contribution in [2.45, 2.75) is 60.0 Å². The van der Waals surface area contributed by atoms with Gasteiger partial charge in [0.1, 0.15) is 6.04 Å². The van der Waals surface area contributed by atoms with Crippen molar-refractivity contribution < 1.29 is 14.7 Å². The molecule has 22 heavy (non-hydrogen) atoms. The van der Waals surface area contributed by atoms with Crippen LogP contribution < -0.4 is 5.32 Å². The molecule has 6 nitrogen and oxygen atoms in total. The minimum Gasteiger partial charge on any atom is -0.480 e.